The molecule has 6 aliphatic rings. The second kappa shape index (κ2) is 24.7. The van der Waals surface area contributed by atoms with Crippen LogP contribution < -0.4 is 11.5 Å². The van der Waals surface area contributed by atoms with Crippen molar-refractivity contribution in [2.24, 2.45) is 44.2 Å². The molecular weight excluding hydrogens is 987 g/mol. The highest BCUT2D eigenvalue weighted by Crippen LogP contribution is 2.51. The normalized spacial score (nSPS) is 22.8. The van der Waals surface area contributed by atoms with Gasteiger partial charge in [0.1, 0.15) is 10.8 Å². The van der Waals surface area contributed by atoms with Gasteiger partial charge in [-0.25, -0.2) is 6.57 Å². The second-order valence-corrected chi connectivity index (χ2v) is 22.8. The maximum atomic E-state index is 13.1. The van der Waals surface area contributed by atoms with E-state index in [2.05, 4.69) is 104 Å². The molecule has 6 aromatic carbocycles. The topological polar surface area (TPSA) is 137 Å². The molecule has 11 nitrogen and oxygen atoms in total. The molecule has 3 heterocycles. The van der Waals surface area contributed by atoms with Crippen LogP contribution in [0.25, 0.3) is 4.85 Å². The number of aliphatic imine (C=N–C) groups is 3. The number of primary amides is 2. The highest BCUT2D eigenvalue weighted by molar-refractivity contribution is 5.92. The van der Waals surface area contributed by atoms with Gasteiger partial charge in [-0.1, -0.05) is 182 Å². The Bertz CT molecular complexity index is 2900. The fraction of sp³-hybridized carbons (Fsp3) is 0.391. The Labute approximate surface area is 474 Å². The molecule has 11 heteroatoms. The van der Waals surface area contributed by atoms with Crippen LogP contribution in [0.5, 0.6) is 0 Å². The third-order valence-electron chi connectivity index (χ3n) is 18.9. The largest absolute Gasteiger partial charge is 0.369 e. The second-order valence-electron chi connectivity index (χ2n) is 22.8. The third-order valence-corrected chi connectivity index (χ3v) is 18.9. The van der Waals surface area contributed by atoms with E-state index in [1.165, 1.54) is 5.84 Å². The Hall–Kier alpha value is -7.84. The number of nitrogens with zero attached hydrogens (tertiary/aromatic N) is 7. The first-order valence-corrected chi connectivity index (χ1v) is 29.2. The molecule has 3 fully saturated rings. The molecule has 4 N–H and O–H groups in total. The van der Waals surface area contributed by atoms with E-state index < -0.39 is 16.4 Å². The van der Waals surface area contributed by atoms with E-state index in [1.807, 2.05) is 133 Å². The van der Waals surface area contributed by atoms with Crippen LogP contribution in [0.4, 0.5) is 0 Å². The minimum atomic E-state index is -0.790. The first kappa shape index (κ1) is 55.5. The summed E-state index contributed by atoms with van der Waals surface area (Å²) in [7, 11) is 0. The number of hydrogen-bond donors (Lipinski definition) is 2. The van der Waals surface area contributed by atoms with E-state index in [-0.39, 0.29) is 23.7 Å². The molecule has 6 aromatic rings. The molecular formula is C69H79N9O2. The lowest BCUT2D eigenvalue weighted by Gasteiger charge is -2.38. The average Bonchev–Trinajstić information content (AvgIpc) is 4.40. The fourth-order valence-electron chi connectivity index (χ4n) is 15.2. The molecule has 3 unspecified atom stereocenters. The Morgan fingerprint density at radius 2 is 0.662 bits per heavy atom. The van der Waals surface area contributed by atoms with Crippen molar-refractivity contribution in [1.29, 1.82) is 0 Å². The van der Waals surface area contributed by atoms with Gasteiger partial charge >= 0.3 is 0 Å². The maximum absolute atomic E-state index is 13.1. The molecule has 0 aromatic heterocycles. The zero-order chi connectivity index (χ0) is 55.7. The molecule has 412 valence electrons. The third kappa shape index (κ3) is 10.6. The summed E-state index contributed by atoms with van der Waals surface area (Å²) in [6, 6.07) is 62.5. The van der Waals surface area contributed by atoms with E-state index in [9.17, 15) is 9.59 Å². The van der Waals surface area contributed by atoms with Crippen LogP contribution in [-0.2, 0) is 26.0 Å². The lowest BCUT2D eigenvalue weighted by molar-refractivity contribution is -0.124. The van der Waals surface area contributed by atoms with Crippen molar-refractivity contribution in [2.45, 2.75) is 113 Å². The fourth-order valence-corrected chi connectivity index (χ4v) is 15.2. The van der Waals surface area contributed by atoms with Gasteiger partial charge in [-0.05, 0) is 113 Å². The molecule has 80 heavy (non-hydrogen) atoms. The highest BCUT2D eigenvalue weighted by Gasteiger charge is 2.54. The van der Waals surface area contributed by atoms with Gasteiger partial charge < -0.3 is 26.2 Å². The first-order chi connectivity index (χ1) is 39.0. The van der Waals surface area contributed by atoms with Crippen molar-refractivity contribution in [3.05, 3.63) is 227 Å². The Balaban J connectivity index is 0.000000135. The molecule has 3 aliphatic heterocycles. The molecule has 12 rings (SSSR count). The highest BCUT2D eigenvalue weighted by atomic mass is 16.2. The van der Waals surface area contributed by atoms with Crippen molar-refractivity contribution in [3.63, 3.8) is 0 Å². The lowest BCUT2D eigenvalue weighted by Crippen LogP contribution is -2.48. The van der Waals surface area contributed by atoms with Crippen molar-refractivity contribution in [3.8, 4) is 0 Å². The number of amidine groups is 3. The number of rotatable bonds is 14. The first-order valence-electron chi connectivity index (χ1n) is 29.2. The van der Waals surface area contributed by atoms with Gasteiger partial charge in [-0.15, -0.1) is 0 Å². The maximum Gasteiger partial charge on any atom is 0.285 e. The van der Waals surface area contributed by atoms with Crippen LogP contribution in [0.2, 0.25) is 0 Å². The summed E-state index contributed by atoms with van der Waals surface area (Å²) in [6.07, 6.45) is 9.33. The van der Waals surface area contributed by atoms with E-state index >= 15 is 0 Å². The number of nitrogens with two attached hydrogens (primary N) is 2. The molecule has 0 radical (unpaired) electrons. The number of amides is 2. The van der Waals surface area contributed by atoms with E-state index in [4.69, 9.17) is 18.0 Å². The van der Waals surface area contributed by atoms with Gasteiger partial charge in [0.25, 0.3) is 5.54 Å². The summed E-state index contributed by atoms with van der Waals surface area (Å²) in [4.78, 5) is 51.5. The van der Waals surface area contributed by atoms with Gasteiger partial charge in [0, 0.05) is 54.8 Å². The van der Waals surface area contributed by atoms with Gasteiger partial charge in [0.15, 0.2) is 0 Å². The summed E-state index contributed by atoms with van der Waals surface area (Å²) < 4.78 is 0. The van der Waals surface area contributed by atoms with Gasteiger partial charge in [0.2, 0.25) is 11.8 Å². The van der Waals surface area contributed by atoms with Gasteiger partial charge in [0.05, 0.1) is 37.1 Å². The minimum absolute atomic E-state index is 0.179. The van der Waals surface area contributed by atoms with E-state index in [0.29, 0.717) is 24.0 Å². The van der Waals surface area contributed by atoms with Crippen LogP contribution in [0, 0.1) is 24.3 Å². The number of carbonyl (C=O) groups is 2. The Kier molecular flexibility index (Phi) is 17.1. The van der Waals surface area contributed by atoms with E-state index in [1.54, 1.807) is 0 Å². The van der Waals surface area contributed by atoms with Crippen LogP contribution in [-0.4, -0.2) is 101 Å². The van der Waals surface area contributed by atoms with Crippen LogP contribution in [0.3, 0.4) is 0 Å². The molecule has 3 saturated carbocycles. The van der Waals surface area contributed by atoms with Crippen molar-refractivity contribution >= 4 is 29.3 Å². The summed E-state index contributed by atoms with van der Waals surface area (Å²) in [5.41, 5.74) is 16.4. The van der Waals surface area contributed by atoms with Gasteiger partial charge in [-0.3, -0.25) is 29.4 Å². The standard InChI is InChI=1S/2C23H27N3O.C23H25N3/c2*1-17-25-14-15-26(17)21-13-12-20(16-21)23(22(24)27,18-8-4-2-5-9-18)19-10-6-3-7-11-19;1-18-25-15-16-26(18)22-14-13-21(17-22)23(24-2,19-9-5-3-6-10-19)20-11-7-4-8-12-20/h2*2-11,20-21H,12-16H2,1H3,(H2,24,27);3-12,21-22H,13-17H2,1H3/t2*20?,21-;21?,22-/m111/s1. The zero-order valence-corrected chi connectivity index (χ0v) is 47.0. The number of carbonyl (C=O) groups excluding carboxylic acids is 2. The zero-order valence-electron chi connectivity index (χ0n) is 47.0. The average molecular weight is 1070 g/mol. The molecule has 0 bridgehead atoms. The predicted octanol–water partition coefficient (Wildman–Crippen LogP) is 11.5. The molecule has 0 saturated heterocycles. The number of benzene rings is 6. The molecule has 6 atom stereocenters. The smallest absolute Gasteiger partial charge is 0.285 e. The number of hydrogen-bond acceptors (Lipinski definition) is 8. The van der Waals surface area contributed by atoms with Gasteiger partial charge in [-0.2, -0.15) is 0 Å². The van der Waals surface area contributed by atoms with Crippen LogP contribution >= 0.6 is 0 Å². The summed E-state index contributed by atoms with van der Waals surface area (Å²) in [6.45, 7) is 20.2. The Morgan fingerprint density at radius 1 is 0.412 bits per heavy atom. The SMILES string of the molecule is CC1=NCCN1[C@@H]1CCC(C(C(N)=O)(c2ccccc2)c2ccccc2)C1.CC1=NCCN1[C@@H]1CCC(C(C(N)=O)(c2ccccc2)c2ccccc2)C1.[C-]#[N+]C(c1ccccc1)(c1ccccc1)C1CC[C@@H](N2CCN=C2C)C1. The summed E-state index contributed by atoms with van der Waals surface area (Å²) in [5.74, 6) is 3.60. The predicted molar refractivity (Wildman–Crippen MR) is 323 cm³/mol. The van der Waals surface area contributed by atoms with Crippen LogP contribution in [0.1, 0.15) is 112 Å². The minimum Gasteiger partial charge on any atom is -0.369 e. The molecule has 2 amide bonds. The van der Waals surface area contributed by atoms with Crippen molar-refractivity contribution < 1.29 is 9.59 Å². The van der Waals surface area contributed by atoms with E-state index in [0.717, 1.165) is 142 Å². The van der Waals surface area contributed by atoms with Crippen molar-refractivity contribution in [2.75, 3.05) is 39.3 Å². The molecule has 0 spiro atoms. The quantitative estimate of drug-likeness (QED) is 0.105. The molecule has 3 aliphatic carbocycles. The van der Waals surface area contributed by atoms with Crippen LogP contribution in [0.15, 0.2) is 197 Å². The van der Waals surface area contributed by atoms with Crippen molar-refractivity contribution in [1.82, 2.24) is 14.7 Å². The summed E-state index contributed by atoms with van der Waals surface area (Å²) >= 11 is 0. The monoisotopic (exact) mass is 1070 g/mol. The summed E-state index contributed by atoms with van der Waals surface area (Å²) in [5, 5.41) is 0. The lowest BCUT2D eigenvalue weighted by atomic mass is 9.64. The Morgan fingerprint density at radius 3 is 0.900 bits per heavy atom.